The number of rotatable bonds is 6. The third-order valence-electron chi connectivity index (χ3n) is 5.70. The Balaban J connectivity index is 1.48. The average molecular weight is 522 g/mol. The number of aromatic nitrogens is 2. The van der Waals surface area contributed by atoms with Gasteiger partial charge >= 0.3 is 0 Å². The second-order valence-corrected chi connectivity index (χ2v) is 10.1. The number of anilines is 1. The van der Waals surface area contributed by atoms with Crippen LogP contribution in [-0.4, -0.2) is 28.5 Å². The topological polar surface area (TPSA) is 73.2 Å². The van der Waals surface area contributed by atoms with Gasteiger partial charge < -0.3 is 10.1 Å². The number of nitrogens with one attached hydrogen (secondary N) is 1. The van der Waals surface area contributed by atoms with Crippen LogP contribution in [0, 0.1) is 6.92 Å². The van der Waals surface area contributed by atoms with Crippen LogP contribution >= 0.6 is 34.3 Å². The molecule has 3 aromatic heterocycles. The highest BCUT2D eigenvalue weighted by Gasteiger charge is 2.22. The maximum Gasteiger partial charge on any atom is 0.262 e. The van der Waals surface area contributed by atoms with Gasteiger partial charge in [-0.05, 0) is 66.4 Å². The van der Waals surface area contributed by atoms with Gasteiger partial charge in [0.05, 0.1) is 29.6 Å². The summed E-state index contributed by atoms with van der Waals surface area (Å²) < 4.78 is 7.04. The number of thiazole rings is 1. The van der Waals surface area contributed by atoms with Crippen LogP contribution in [0.15, 0.2) is 65.4 Å². The Bertz CT molecular complexity index is 1540. The van der Waals surface area contributed by atoms with Crippen molar-refractivity contribution < 1.29 is 14.3 Å². The van der Waals surface area contributed by atoms with E-state index in [0.29, 0.717) is 32.7 Å². The van der Waals surface area contributed by atoms with Crippen molar-refractivity contribution in [2.45, 2.75) is 13.3 Å². The molecule has 1 amide bonds. The Hall–Kier alpha value is -3.46. The maximum atomic E-state index is 13.4. The number of thiophene rings is 1. The van der Waals surface area contributed by atoms with Gasteiger partial charge in [0.15, 0.2) is 5.13 Å². The molecule has 0 saturated heterocycles. The van der Waals surface area contributed by atoms with E-state index in [9.17, 15) is 9.59 Å². The summed E-state index contributed by atoms with van der Waals surface area (Å²) in [6.45, 7) is 1.85. The number of benzene rings is 2. The Morgan fingerprint density at radius 2 is 1.91 bits per heavy atom. The molecule has 9 heteroatoms. The molecule has 0 radical (unpaired) electrons. The predicted molar refractivity (Wildman–Crippen MR) is 142 cm³/mol. The number of halogens is 1. The van der Waals surface area contributed by atoms with Crippen molar-refractivity contribution in [1.29, 1.82) is 0 Å². The SMILES string of the molecule is COc1ccc2c(c1)c(CC(=O)Nc1nc(-c3cccs3)cs1)c(C)n2C(=O)c1ccc(Cl)cc1. The lowest BCUT2D eigenvalue weighted by atomic mass is 10.1. The first-order chi connectivity index (χ1) is 16.9. The van der Waals surface area contributed by atoms with E-state index in [2.05, 4.69) is 10.3 Å². The zero-order chi connectivity index (χ0) is 24.5. The highest BCUT2D eigenvalue weighted by atomic mass is 35.5. The summed E-state index contributed by atoms with van der Waals surface area (Å²) in [6.07, 6.45) is 0.0876. The van der Waals surface area contributed by atoms with Crippen molar-refractivity contribution in [1.82, 2.24) is 9.55 Å². The molecule has 2 aromatic carbocycles. The Morgan fingerprint density at radius 1 is 1.11 bits per heavy atom. The molecule has 6 nitrogen and oxygen atoms in total. The highest BCUT2D eigenvalue weighted by Crippen LogP contribution is 2.32. The van der Waals surface area contributed by atoms with Crippen molar-refractivity contribution in [2.75, 3.05) is 12.4 Å². The van der Waals surface area contributed by atoms with Gasteiger partial charge in [0, 0.05) is 27.0 Å². The molecule has 0 bridgehead atoms. The minimum absolute atomic E-state index is 0.0876. The fourth-order valence-corrected chi connectivity index (χ4v) is 5.60. The molecular formula is C26H20ClN3O3S2. The molecular weight excluding hydrogens is 502 g/mol. The lowest BCUT2D eigenvalue weighted by Gasteiger charge is -2.08. The summed E-state index contributed by atoms with van der Waals surface area (Å²) >= 11 is 8.98. The van der Waals surface area contributed by atoms with Crippen molar-refractivity contribution in [3.05, 3.63) is 87.2 Å². The molecule has 0 aliphatic rings. The molecule has 0 fully saturated rings. The summed E-state index contributed by atoms with van der Waals surface area (Å²) in [4.78, 5) is 32.0. The minimum atomic E-state index is -0.207. The fraction of sp³-hybridized carbons (Fsp3) is 0.115. The van der Waals surface area contributed by atoms with Crippen LogP contribution in [0.4, 0.5) is 5.13 Å². The molecule has 3 heterocycles. The summed E-state index contributed by atoms with van der Waals surface area (Å²) in [7, 11) is 1.59. The van der Waals surface area contributed by atoms with Crippen LogP contribution in [0.2, 0.25) is 5.02 Å². The van der Waals surface area contributed by atoms with Gasteiger partial charge in [0.25, 0.3) is 5.91 Å². The van der Waals surface area contributed by atoms with Crippen LogP contribution in [-0.2, 0) is 11.2 Å². The van der Waals surface area contributed by atoms with Gasteiger partial charge in [-0.15, -0.1) is 22.7 Å². The van der Waals surface area contributed by atoms with E-state index in [4.69, 9.17) is 16.3 Å². The lowest BCUT2D eigenvalue weighted by Crippen LogP contribution is -2.16. The number of methoxy groups -OCH3 is 1. The molecule has 0 spiro atoms. The monoisotopic (exact) mass is 521 g/mol. The quantitative estimate of drug-likeness (QED) is 0.271. The molecule has 0 aliphatic carbocycles. The minimum Gasteiger partial charge on any atom is -0.497 e. The zero-order valence-corrected chi connectivity index (χ0v) is 21.3. The number of hydrogen-bond donors (Lipinski definition) is 1. The highest BCUT2D eigenvalue weighted by molar-refractivity contribution is 7.16. The van der Waals surface area contributed by atoms with E-state index in [1.165, 1.54) is 11.3 Å². The van der Waals surface area contributed by atoms with E-state index < -0.39 is 0 Å². The number of nitrogens with zero attached hydrogens (tertiary/aromatic N) is 2. The van der Waals surface area contributed by atoms with E-state index in [1.54, 1.807) is 53.3 Å². The van der Waals surface area contributed by atoms with E-state index >= 15 is 0 Å². The number of hydrogen-bond acceptors (Lipinski definition) is 6. The lowest BCUT2D eigenvalue weighted by molar-refractivity contribution is -0.115. The van der Waals surface area contributed by atoms with Crippen LogP contribution < -0.4 is 10.1 Å². The van der Waals surface area contributed by atoms with Gasteiger partial charge in [0.1, 0.15) is 5.75 Å². The third-order valence-corrected chi connectivity index (χ3v) is 7.60. The molecule has 5 rings (SSSR count). The van der Waals surface area contributed by atoms with Crippen molar-refractivity contribution in [3.8, 4) is 16.3 Å². The average Bonchev–Trinajstić information content (AvgIpc) is 3.60. The van der Waals surface area contributed by atoms with Crippen LogP contribution in [0.5, 0.6) is 5.75 Å². The standard InChI is InChI=1S/C26H20ClN3O3S2/c1-15-19(13-24(31)29-26-28-21(14-35-26)23-4-3-11-34-23)20-12-18(33-2)9-10-22(20)30(15)25(32)16-5-7-17(27)8-6-16/h3-12,14H,13H2,1-2H3,(H,28,29,31). The van der Waals surface area contributed by atoms with Crippen LogP contribution in [0.25, 0.3) is 21.5 Å². The van der Waals surface area contributed by atoms with Crippen molar-refractivity contribution >= 4 is 62.1 Å². The molecule has 176 valence electrons. The summed E-state index contributed by atoms with van der Waals surface area (Å²) in [5.74, 6) is 0.248. The molecule has 0 saturated carbocycles. The molecule has 1 N–H and O–H groups in total. The number of amides is 1. The zero-order valence-electron chi connectivity index (χ0n) is 18.9. The smallest absolute Gasteiger partial charge is 0.262 e. The second-order valence-electron chi connectivity index (χ2n) is 7.83. The van der Waals surface area contributed by atoms with Crippen LogP contribution in [0.1, 0.15) is 21.6 Å². The Labute approximate surface area is 214 Å². The summed E-state index contributed by atoms with van der Waals surface area (Å²) in [5.41, 5.74) is 3.51. The predicted octanol–water partition coefficient (Wildman–Crippen LogP) is 6.67. The van der Waals surface area contributed by atoms with Gasteiger partial charge in [-0.3, -0.25) is 14.2 Å². The number of carbonyl (C=O) groups excluding carboxylic acids is 2. The fourth-order valence-electron chi connectivity index (χ4n) is 3.99. The van der Waals surface area contributed by atoms with Gasteiger partial charge in [0.2, 0.25) is 5.91 Å². The Morgan fingerprint density at radius 3 is 2.63 bits per heavy atom. The number of fused-ring (bicyclic) bond motifs is 1. The van der Waals surface area contributed by atoms with E-state index in [0.717, 1.165) is 21.5 Å². The second kappa shape index (κ2) is 9.65. The first-order valence-corrected chi connectivity index (χ1v) is 12.9. The van der Waals surface area contributed by atoms with Crippen LogP contribution in [0.3, 0.4) is 0 Å². The normalized spacial score (nSPS) is 11.1. The largest absolute Gasteiger partial charge is 0.497 e. The van der Waals surface area contributed by atoms with Gasteiger partial charge in [-0.25, -0.2) is 4.98 Å². The molecule has 0 aliphatic heterocycles. The van der Waals surface area contributed by atoms with E-state index in [-0.39, 0.29) is 18.2 Å². The molecule has 35 heavy (non-hydrogen) atoms. The summed E-state index contributed by atoms with van der Waals surface area (Å²) in [5, 5.41) is 8.70. The maximum absolute atomic E-state index is 13.4. The first-order valence-electron chi connectivity index (χ1n) is 10.7. The Kier molecular flexibility index (Phi) is 6.42. The van der Waals surface area contributed by atoms with Gasteiger partial charge in [-0.2, -0.15) is 0 Å². The number of carbonyl (C=O) groups is 2. The molecule has 0 atom stereocenters. The molecule has 0 unspecified atom stereocenters. The summed E-state index contributed by atoms with van der Waals surface area (Å²) in [6, 6.07) is 16.2. The third kappa shape index (κ3) is 4.60. The first kappa shape index (κ1) is 23.3. The van der Waals surface area contributed by atoms with Gasteiger partial charge in [-0.1, -0.05) is 17.7 Å². The van der Waals surface area contributed by atoms with Crippen molar-refractivity contribution in [2.24, 2.45) is 0 Å². The number of ether oxygens (including phenoxy) is 1. The molecule has 5 aromatic rings. The van der Waals surface area contributed by atoms with E-state index in [1.807, 2.05) is 41.9 Å². The van der Waals surface area contributed by atoms with Crippen molar-refractivity contribution in [3.63, 3.8) is 0 Å².